The Morgan fingerprint density at radius 3 is 2.62 bits per heavy atom. The third-order valence-electron chi connectivity index (χ3n) is 3.14. The van der Waals surface area contributed by atoms with E-state index >= 15 is 0 Å². The van der Waals surface area contributed by atoms with Crippen LogP contribution in [0, 0.1) is 5.82 Å². The van der Waals surface area contributed by atoms with Crippen molar-refractivity contribution in [2.24, 2.45) is 0 Å². The van der Waals surface area contributed by atoms with Gasteiger partial charge in [-0.25, -0.2) is 9.18 Å². The molecule has 21 heavy (non-hydrogen) atoms. The van der Waals surface area contributed by atoms with E-state index in [-0.39, 0.29) is 11.3 Å². The monoisotopic (exact) mass is 319 g/mol. The van der Waals surface area contributed by atoms with E-state index in [4.69, 9.17) is 0 Å². The highest BCUT2D eigenvalue weighted by Gasteiger charge is 2.40. The predicted molar refractivity (Wildman–Crippen MR) is 68.5 cm³/mol. The molecule has 0 saturated carbocycles. The van der Waals surface area contributed by atoms with Crippen LogP contribution >= 0.6 is 0 Å². The van der Waals surface area contributed by atoms with E-state index in [9.17, 15) is 26.3 Å². The zero-order chi connectivity index (χ0) is 15.8. The molecule has 114 valence electrons. The minimum Gasteiger partial charge on any atom is -0.465 e. The molecule has 0 N–H and O–H groups in total. The Bertz CT molecular complexity index is 704. The molecule has 0 aliphatic carbocycles. The number of benzene rings is 1. The van der Waals surface area contributed by atoms with Crippen molar-refractivity contribution in [1.29, 1.82) is 0 Å². The van der Waals surface area contributed by atoms with Crippen molar-refractivity contribution in [3.8, 4) is 0 Å². The third kappa shape index (κ3) is 3.02. The summed E-state index contributed by atoms with van der Waals surface area (Å²) in [6.07, 6.45) is -0.531. The Hall–Kier alpha value is -2.03. The molecule has 2 rings (SSSR count). The van der Waals surface area contributed by atoms with Gasteiger partial charge in [-0.1, -0.05) is 0 Å². The van der Waals surface area contributed by atoms with Crippen LogP contribution in [0.5, 0.6) is 0 Å². The molecule has 1 aliphatic heterocycles. The lowest BCUT2D eigenvalue weighted by molar-refractivity contribution is -0.117. The van der Waals surface area contributed by atoms with Gasteiger partial charge in [0.05, 0.1) is 18.4 Å². The summed E-state index contributed by atoms with van der Waals surface area (Å²) in [5.41, 5.74) is -0.248. The second-order valence-corrected chi connectivity index (χ2v) is 6.08. The average Bonchev–Trinajstić information content (AvgIpc) is 2.80. The predicted octanol–water partition coefficient (Wildman–Crippen LogP) is 1.02. The van der Waals surface area contributed by atoms with Crippen molar-refractivity contribution in [2.75, 3.05) is 18.6 Å². The summed E-state index contributed by atoms with van der Waals surface area (Å²) < 4.78 is 52.5. The maximum atomic E-state index is 13.2. The number of amides is 1. The van der Waals surface area contributed by atoms with E-state index in [0.717, 1.165) is 30.2 Å². The number of esters is 1. The summed E-state index contributed by atoms with van der Waals surface area (Å²) in [5, 5.41) is -1.50. The molecule has 1 heterocycles. The number of ether oxygens (including phenoxy) is 1. The van der Waals surface area contributed by atoms with Crippen LogP contribution in [0.2, 0.25) is 0 Å². The Morgan fingerprint density at radius 1 is 1.43 bits per heavy atom. The first-order chi connectivity index (χ1) is 9.74. The molecule has 1 atom stereocenters. The van der Waals surface area contributed by atoms with Crippen LogP contribution in [0.4, 0.5) is 14.0 Å². The van der Waals surface area contributed by atoms with Gasteiger partial charge in [0.2, 0.25) is 5.91 Å². The van der Waals surface area contributed by atoms with Gasteiger partial charge in [0.1, 0.15) is 11.1 Å². The second-order valence-electron chi connectivity index (χ2n) is 4.46. The first kappa shape index (κ1) is 15.4. The highest BCUT2D eigenvalue weighted by Crippen LogP contribution is 2.29. The molecule has 1 saturated heterocycles. The smallest absolute Gasteiger partial charge is 0.340 e. The van der Waals surface area contributed by atoms with E-state index < -0.39 is 46.1 Å². The van der Waals surface area contributed by atoms with E-state index in [2.05, 4.69) is 4.74 Å². The van der Waals surface area contributed by atoms with Crippen LogP contribution in [0.15, 0.2) is 18.2 Å². The number of halogens is 2. The van der Waals surface area contributed by atoms with Crippen molar-refractivity contribution < 1.29 is 31.0 Å². The molecule has 9 heteroatoms. The molecular weight excluding hydrogens is 308 g/mol. The van der Waals surface area contributed by atoms with Gasteiger partial charge in [-0.15, -0.1) is 3.89 Å². The fourth-order valence-electron chi connectivity index (χ4n) is 2.11. The number of anilines is 1. The topological polar surface area (TPSA) is 80.8 Å². The van der Waals surface area contributed by atoms with Crippen LogP contribution < -0.4 is 4.90 Å². The van der Waals surface area contributed by atoms with Gasteiger partial charge in [-0.3, -0.25) is 4.79 Å². The van der Waals surface area contributed by atoms with Gasteiger partial charge in [0, 0.05) is 13.0 Å². The van der Waals surface area contributed by atoms with Gasteiger partial charge < -0.3 is 9.64 Å². The molecule has 0 bridgehead atoms. The molecule has 1 aromatic carbocycles. The number of carbonyl (C=O) groups is 2. The lowest BCUT2D eigenvalue weighted by Gasteiger charge is -2.19. The molecule has 0 aromatic heterocycles. The van der Waals surface area contributed by atoms with E-state index in [1.54, 1.807) is 0 Å². The van der Waals surface area contributed by atoms with Crippen LogP contribution in [-0.2, 0) is 19.8 Å². The number of nitrogens with zero attached hydrogens (tertiary/aromatic N) is 1. The van der Waals surface area contributed by atoms with Crippen molar-refractivity contribution >= 4 is 27.8 Å². The number of carbonyl (C=O) groups excluding carboxylic acids is 2. The van der Waals surface area contributed by atoms with Gasteiger partial charge in [0.25, 0.3) is 0 Å². The number of methoxy groups -OCH3 is 1. The maximum Gasteiger partial charge on any atom is 0.340 e. The Balaban J connectivity index is 2.43. The van der Waals surface area contributed by atoms with Crippen LogP contribution in [0.1, 0.15) is 16.8 Å². The van der Waals surface area contributed by atoms with Crippen molar-refractivity contribution in [1.82, 2.24) is 0 Å². The fraction of sp³-hybridized carbons (Fsp3) is 0.333. The number of rotatable bonds is 3. The lowest BCUT2D eigenvalue weighted by atomic mass is 10.1. The minimum absolute atomic E-state index is 0.0144. The van der Waals surface area contributed by atoms with Crippen LogP contribution in [0.3, 0.4) is 0 Å². The second kappa shape index (κ2) is 5.40. The molecular formula is C12H11F2NO5S. The molecule has 1 aliphatic rings. The maximum absolute atomic E-state index is 13.2. The largest absolute Gasteiger partial charge is 0.465 e. The Morgan fingerprint density at radius 2 is 2.10 bits per heavy atom. The molecule has 6 nitrogen and oxygen atoms in total. The van der Waals surface area contributed by atoms with Crippen molar-refractivity contribution in [2.45, 2.75) is 11.7 Å². The quantitative estimate of drug-likeness (QED) is 0.614. The molecule has 1 amide bonds. The molecule has 0 radical (unpaired) electrons. The van der Waals surface area contributed by atoms with Crippen LogP contribution in [0.25, 0.3) is 0 Å². The van der Waals surface area contributed by atoms with Gasteiger partial charge in [-0.05, 0) is 18.2 Å². The summed E-state index contributed by atoms with van der Waals surface area (Å²) >= 11 is 0. The first-order valence-corrected chi connectivity index (χ1v) is 7.30. The summed E-state index contributed by atoms with van der Waals surface area (Å²) in [6.45, 7) is -0.437. The third-order valence-corrected chi connectivity index (χ3v) is 4.25. The standard InChI is InChI=1S/C12H11F2NO5S/c1-20-12(17)9-4-7(13)2-3-10(9)15-6-8(5-11(15)16)21(14,18)19/h2-4,8H,5-6H2,1H3. The van der Waals surface area contributed by atoms with E-state index in [1.807, 2.05) is 0 Å². The lowest BCUT2D eigenvalue weighted by Crippen LogP contribution is -2.28. The van der Waals surface area contributed by atoms with E-state index in [0.29, 0.717) is 0 Å². The first-order valence-electron chi connectivity index (χ1n) is 5.85. The van der Waals surface area contributed by atoms with Crippen molar-refractivity contribution in [3.63, 3.8) is 0 Å². The summed E-state index contributed by atoms with van der Waals surface area (Å²) in [7, 11) is -3.79. The average molecular weight is 319 g/mol. The van der Waals surface area contributed by atoms with Gasteiger partial charge >= 0.3 is 16.2 Å². The SMILES string of the molecule is COC(=O)c1cc(F)ccc1N1CC(S(=O)(=O)F)CC1=O. The summed E-state index contributed by atoms with van der Waals surface area (Å²) in [4.78, 5) is 24.4. The fourth-order valence-corrected chi connectivity index (χ4v) is 2.78. The molecule has 1 unspecified atom stereocenters. The zero-order valence-electron chi connectivity index (χ0n) is 10.9. The Kier molecular flexibility index (Phi) is 3.95. The Labute approximate surface area is 119 Å². The summed E-state index contributed by atoms with van der Waals surface area (Å²) in [6, 6.07) is 3.02. The minimum atomic E-state index is -4.88. The highest BCUT2D eigenvalue weighted by molar-refractivity contribution is 7.87. The number of hydrogen-bond acceptors (Lipinski definition) is 5. The van der Waals surface area contributed by atoms with Gasteiger partial charge in [-0.2, -0.15) is 8.42 Å². The highest BCUT2D eigenvalue weighted by atomic mass is 32.3. The van der Waals surface area contributed by atoms with E-state index in [1.165, 1.54) is 0 Å². The van der Waals surface area contributed by atoms with Gasteiger partial charge in [0.15, 0.2) is 0 Å². The zero-order valence-corrected chi connectivity index (χ0v) is 11.7. The normalized spacial score (nSPS) is 18.9. The molecule has 0 spiro atoms. The number of hydrogen-bond donors (Lipinski definition) is 0. The summed E-state index contributed by atoms with van der Waals surface area (Å²) in [5.74, 6) is -2.28. The molecule has 1 aromatic rings. The van der Waals surface area contributed by atoms with Crippen molar-refractivity contribution in [3.05, 3.63) is 29.6 Å². The molecule has 1 fully saturated rings. The van der Waals surface area contributed by atoms with Crippen LogP contribution in [-0.4, -0.2) is 39.2 Å².